The maximum atomic E-state index is 12.7. The van der Waals surface area contributed by atoms with Crippen LogP contribution in [-0.2, 0) is 9.47 Å². The molecule has 0 N–H and O–H groups in total. The Kier molecular flexibility index (Phi) is 4.78. The van der Waals surface area contributed by atoms with E-state index >= 15 is 0 Å². The topological polar surface area (TPSA) is 78.4 Å². The minimum Gasteiger partial charge on any atom is -0.455 e. The Hall–Kier alpha value is -2.76. The molecule has 6 heteroatoms. The van der Waals surface area contributed by atoms with Crippen molar-refractivity contribution >= 4 is 11.9 Å². The van der Waals surface area contributed by atoms with Crippen molar-refractivity contribution in [2.45, 2.75) is 44.3 Å². The molecule has 5 rings (SSSR count). The van der Waals surface area contributed by atoms with Crippen molar-refractivity contribution in [2.24, 2.45) is 23.7 Å². The van der Waals surface area contributed by atoms with Gasteiger partial charge < -0.3 is 9.47 Å². The average Bonchev–Trinajstić information content (AvgIpc) is 3.37. The van der Waals surface area contributed by atoms with Gasteiger partial charge in [-0.3, -0.25) is 9.97 Å². The quantitative estimate of drug-likeness (QED) is 0.739. The Balaban J connectivity index is 1.35. The molecule has 2 aromatic heterocycles. The summed E-state index contributed by atoms with van der Waals surface area (Å²) < 4.78 is 11.7. The van der Waals surface area contributed by atoms with E-state index in [1.165, 1.54) is 31.7 Å². The highest BCUT2D eigenvalue weighted by Crippen LogP contribution is 2.58. The molecule has 2 aromatic rings. The van der Waals surface area contributed by atoms with Crippen LogP contribution in [0.3, 0.4) is 0 Å². The van der Waals surface area contributed by atoms with Crippen LogP contribution < -0.4 is 0 Å². The molecule has 2 bridgehead atoms. The molecule has 3 aliphatic rings. The number of esters is 2. The number of fused-ring (bicyclic) bond motifs is 5. The van der Waals surface area contributed by atoms with Crippen molar-refractivity contribution in [3.8, 4) is 0 Å². The van der Waals surface area contributed by atoms with E-state index < -0.39 is 24.1 Å². The minimum absolute atomic E-state index is 0.410. The van der Waals surface area contributed by atoms with Gasteiger partial charge in [-0.05, 0) is 80.0 Å². The van der Waals surface area contributed by atoms with Gasteiger partial charge in [0, 0.05) is 24.8 Å². The first-order valence-electron chi connectivity index (χ1n) is 10.4. The van der Waals surface area contributed by atoms with Crippen LogP contribution in [0.2, 0.25) is 0 Å². The van der Waals surface area contributed by atoms with Crippen molar-refractivity contribution in [1.29, 1.82) is 0 Å². The second kappa shape index (κ2) is 7.58. The van der Waals surface area contributed by atoms with Crippen LogP contribution in [0.4, 0.5) is 0 Å². The highest BCUT2D eigenvalue weighted by Gasteiger charge is 2.53. The minimum atomic E-state index is -0.427. The summed E-state index contributed by atoms with van der Waals surface area (Å²) in [6.07, 6.45) is 10.7. The van der Waals surface area contributed by atoms with E-state index in [0.717, 1.165) is 24.7 Å². The van der Waals surface area contributed by atoms with Crippen LogP contribution in [0.15, 0.2) is 49.1 Å². The number of pyridine rings is 2. The third-order valence-corrected chi connectivity index (χ3v) is 7.01. The molecule has 29 heavy (non-hydrogen) atoms. The van der Waals surface area contributed by atoms with Crippen LogP contribution in [0.5, 0.6) is 0 Å². The Morgan fingerprint density at radius 2 is 1.24 bits per heavy atom. The summed E-state index contributed by atoms with van der Waals surface area (Å²) in [5.74, 6) is 1.75. The predicted octanol–water partition coefficient (Wildman–Crippen LogP) is 3.68. The highest BCUT2D eigenvalue weighted by atomic mass is 16.6. The van der Waals surface area contributed by atoms with Gasteiger partial charge in [-0.25, -0.2) is 9.59 Å². The van der Waals surface area contributed by atoms with Gasteiger partial charge in [0.05, 0.1) is 11.1 Å². The summed E-state index contributed by atoms with van der Waals surface area (Å²) in [5, 5.41) is 0. The lowest BCUT2D eigenvalue weighted by Crippen LogP contribution is -2.45. The van der Waals surface area contributed by atoms with Crippen molar-refractivity contribution < 1.29 is 19.1 Å². The molecule has 0 aromatic carbocycles. The predicted molar refractivity (Wildman–Crippen MR) is 104 cm³/mol. The third-order valence-electron chi connectivity index (χ3n) is 7.01. The van der Waals surface area contributed by atoms with E-state index in [1.807, 2.05) is 0 Å². The van der Waals surface area contributed by atoms with Crippen molar-refractivity contribution in [2.75, 3.05) is 0 Å². The highest BCUT2D eigenvalue weighted by molar-refractivity contribution is 5.90. The second-order valence-corrected chi connectivity index (χ2v) is 8.50. The maximum absolute atomic E-state index is 12.7. The molecule has 0 amide bonds. The monoisotopic (exact) mass is 392 g/mol. The van der Waals surface area contributed by atoms with Crippen LogP contribution in [0.25, 0.3) is 0 Å². The molecule has 3 fully saturated rings. The summed E-state index contributed by atoms with van der Waals surface area (Å²) in [5.41, 5.74) is 0.833. The van der Waals surface area contributed by atoms with Gasteiger partial charge in [0.15, 0.2) is 0 Å². The van der Waals surface area contributed by atoms with Gasteiger partial charge in [0.1, 0.15) is 12.2 Å². The maximum Gasteiger partial charge on any atom is 0.340 e. The van der Waals surface area contributed by atoms with Gasteiger partial charge >= 0.3 is 11.9 Å². The number of ether oxygens (including phenoxy) is 2. The molecule has 2 heterocycles. The van der Waals surface area contributed by atoms with E-state index in [4.69, 9.17) is 9.47 Å². The van der Waals surface area contributed by atoms with Gasteiger partial charge in [0.25, 0.3) is 0 Å². The smallest absolute Gasteiger partial charge is 0.340 e. The Morgan fingerprint density at radius 3 is 1.66 bits per heavy atom. The summed E-state index contributed by atoms with van der Waals surface area (Å²) in [6.45, 7) is 0. The molecule has 0 aliphatic heterocycles. The number of rotatable bonds is 4. The summed E-state index contributed by atoms with van der Waals surface area (Å²) in [7, 11) is 0. The van der Waals surface area contributed by atoms with E-state index in [9.17, 15) is 9.59 Å². The van der Waals surface area contributed by atoms with E-state index in [1.54, 1.807) is 36.7 Å². The van der Waals surface area contributed by atoms with Gasteiger partial charge in [-0.15, -0.1) is 0 Å². The lowest BCUT2D eigenvalue weighted by atomic mass is 9.69. The molecule has 6 atom stereocenters. The van der Waals surface area contributed by atoms with Crippen molar-refractivity contribution in [1.82, 2.24) is 9.97 Å². The largest absolute Gasteiger partial charge is 0.455 e. The first-order valence-corrected chi connectivity index (χ1v) is 10.4. The molecule has 0 radical (unpaired) electrons. The molecule has 6 nitrogen and oxygen atoms in total. The van der Waals surface area contributed by atoms with Crippen LogP contribution in [0.1, 0.15) is 52.8 Å². The Morgan fingerprint density at radius 1 is 0.759 bits per heavy atom. The fourth-order valence-corrected chi connectivity index (χ4v) is 5.73. The fourth-order valence-electron chi connectivity index (χ4n) is 5.73. The molecule has 150 valence electrons. The molecule has 6 unspecified atom stereocenters. The number of nitrogens with zero attached hydrogens (tertiary/aromatic N) is 2. The summed E-state index contributed by atoms with van der Waals surface area (Å²) >= 11 is 0. The summed E-state index contributed by atoms with van der Waals surface area (Å²) in [6, 6.07) is 6.80. The van der Waals surface area contributed by atoms with Crippen LogP contribution >= 0.6 is 0 Å². The van der Waals surface area contributed by atoms with Gasteiger partial charge in [-0.2, -0.15) is 0 Å². The zero-order valence-electron chi connectivity index (χ0n) is 16.1. The van der Waals surface area contributed by atoms with Crippen LogP contribution in [0, 0.1) is 23.7 Å². The Labute approximate surface area is 169 Å². The third kappa shape index (κ3) is 3.52. The summed E-state index contributed by atoms with van der Waals surface area (Å²) in [4.78, 5) is 33.3. The Bertz CT molecular complexity index is 815. The first kappa shape index (κ1) is 18.3. The van der Waals surface area contributed by atoms with Gasteiger partial charge in [-0.1, -0.05) is 0 Å². The van der Waals surface area contributed by atoms with E-state index in [-0.39, 0.29) is 0 Å². The number of aromatic nitrogens is 2. The van der Waals surface area contributed by atoms with Crippen molar-refractivity contribution in [3.05, 3.63) is 60.2 Å². The fraction of sp³-hybridized carbons (Fsp3) is 0.478. The number of hydrogen-bond donors (Lipinski definition) is 0. The lowest BCUT2D eigenvalue weighted by Gasteiger charge is -2.42. The molecule has 0 spiro atoms. The first-order chi connectivity index (χ1) is 14.2. The lowest BCUT2D eigenvalue weighted by molar-refractivity contribution is -0.0822. The number of carbonyl (C=O) groups is 2. The average molecular weight is 392 g/mol. The molecule has 0 saturated heterocycles. The molecule has 3 saturated carbocycles. The van der Waals surface area contributed by atoms with E-state index in [0.29, 0.717) is 23.0 Å². The normalized spacial score (nSPS) is 32.4. The number of carbonyl (C=O) groups excluding carboxylic acids is 2. The number of hydrogen-bond acceptors (Lipinski definition) is 6. The van der Waals surface area contributed by atoms with Gasteiger partial charge in [0.2, 0.25) is 0 Å². The zero-order valence-corrected chi connectivity index (χ0v) is 16.1. The SMILES string of the molecule is O=C(OC1CC2C3CCC(C3)C2CC1OC(=O)c1cccnc1)c1cccnc1. The molecular weight excluding hydrogens is 368 g/mol. The van der Waals surface area contributed by atoms with Crippen molar-refractivity contribution in [3.63, 3.8) is 0 Å². The molecule has 3 aliphatic carbocycles. The standard InChI is InChI=1S/C23H24N2O4/c26-22(16-3-1-7-24-12-16)28-20-10-18-14-5-6-15(9-14)19(18)11-21(20)29-23(27)17-4-2-8-25-13-17/h1-4,7-8,12-15,18-21H,5-6,9-11H2. The molecular formula is C23H24N2O4. The van der Waals surface area contributed by atoms with Crippen LogP contribution in [-0.4, -0.2) is 34.1 Å². The second-order valence-electron chi connectivity index (χ2n) is 8.50. The zero-order chi connectivity index (χ0) is 19.8. The van der Waals surface area contributed by atoms with E-state index in [2.05, 4.69) is 9.97 Å².